The fourth-order valence-electron chi connectivity index (χ4n) is 6.39. The van der Waals surface area contributed by atoms with Crippen molar-refractivity contribution in [2.45, 2.75) is 26.7 Å². The van der Waals surface area contributed by atoms with Crippen LogP contribution in [0.1, 0.15) is 53.2 Å². The van der Waals surface area contributed by atoms with Gasteiger partial charge in [0.15, 0.2) is 17.5 Å². The molecule has 0 spiro atoms. The molecule has 4 rings (SSSR count). The van der Waals surface area contributed by atoms with Crippen molar-refractivity contribution in [3.8, 4) is 11.3 Å². The first-order valence-electron chi connectivity index (χ1n) is 18.2. The Bertz CT molecular complexity index is 1900. The number of anilines is 1. The van der Waals surface area contributed by atoms with Gasteiger partial charge in [0.25, 0.3) is 11.8 Å². The molecular weight excluding hydrogens is 734 g/mol. The van der Waals surface area contributed by atoms with Crippen molar-refractivity contribution in [1.29, 1.82) is 5.41 Å². The van der Waals surface area contributed by atoms with Crippen LogP contribution in [0.5, 0.6) is 0 Å². The first kappa shape index (κ1) is 43.0. The summed E-state index contributed by atoms with van der Waals surface area (Å²) in [5.74, 6) is -3.37. The second-order valence-corrected chi connectivity index (χ2v) is 14.1. The van der Waals surface area contributed by atoms with Crippen molar-refractivity contribution in [2.75, 3.05) is 85.5 Å². The number of amides is 3. The lowest BCUT2D eigenvalue weighted by Gasteiger charge is -2.36. The Morgan fingerprint density at radius 3 is 2.35 bits per heavy atom. The number of benzene rings is 2. The highest BCUT2D eigenvalue weighted by molar-refractivity contribution is 6.34. The van der Waals surface area contributed by atoms with E-state index in [1.807, 2.05) is 18.9 Å². The Morgan fingerprint density at radius 1 is 1.05 bits per heavy atom. The summed E-state index contributed by atoms with van der Waals surface area (Å²) in [6, 6.07) is 7.29. The number of allylic oxidation sites excluding steroid dienone is 1. The highest BCUT2D eigenvalue weighted by Crippen LogP contribution is 2.31. The molecule has 1 atom stereocenters. The van der Waals surface area contributed by atoms with Crippen molar-refractivity contribution in [2.24, 2.45) is 13.0 Å². The molecule has 3 aromatic rings. The zero-order valence-electron chi connectivity index (χ0n) is 32.3. The number of aliphatic hydroxyl groups excluding tert-OH is 1. The van der Waals surface area contributed by atoms with Crippen molar-refractivity contribution < 1.29 is 33.0 Å². The molecule has 1 aliphatic heterocycles. The Kier molecular flexibility index (Phi) is 15.5. The van der Waals surface area contributed by atoms with Gasteiger partial charge in [0, 0.05) is 101 Å². The summed E-state index contributed by atoms with van der Waals surface area (Å²) >= 11 is 6.54. The van der Waals surface area contributed by atoms with Gasteiger partial charge in [-0.25, -0.2) is 13.8 Å². The van der Waals surface area contributed by atoms with Crippen LogP contribution >= 0.6 is 11.6 Å². The highest BCUT2D eigenvalue weighted by atomic mass is 35.5. The minimum atomic E-state index is -1.15. The van der Waals surface area contributed by atoms with E-state index in [0.717, 1.165) is 0 Å². The smallest absolute Gasteiger partial charge is 0.291 e. The monoisotopic (exact) mass is 784 g/mol. The van der Waals surface area contributed by atoms with Crippen LogP contribution in [-0.2, 0) is 16.6 Å². The summed E-state index contributed by atoms with van der Waals surface area (Å²) in [7, 11) is 6.72. The largest absolute Gasteiger partial charge is 0.395 e. The number of aromatic nitrogens is 2. The van der Waals surface area contributed by atoms with Crippen LogP contribution < -0.4 is 5.32 Å². The highest BCUT2D eigenvalue weighted by Gasteiger charge is 2.30. The molecule has 1 saturated heterocycles. The minimum absolute atomic E-state index is 0.0510. The number of nitrogens with zero attached hydrogens (tertiary/aromatic N) is 6. The molecule has 16 heteroatoms. The molecule has 0 saturated carbocycles. The van der Waals surface area contributed by atoms with Crippen LogP contribution in [0.2, 0.25) is 5.02 Å². The van der Waals surface area contributed by atoms with Crippen molar-refractivity contribution in [1.82, 2.24) is 29.2 Å². The van der Waals surface area contributed by atoms with E-state index in [-0.39, 0.29) is 68.9 Å². The van der Waals surface area contributed by atoms with Gasteiger partial charge >= 0.3 is 0 Å². The Labute approximate surface area is 326 Å². The Hall–Kier alpha value is -4.70. The lowest BCUT2D eigenvalue weighted by Crippen LogP contribution is -2.52. The molecule has 0 aliphatic carbocycles. The SMILES string of the molecule is CCC(CCN(C)CCO)C(=O)N1CCN(C(=O)c2ccc(NC(=O)c3ncc(-c4ccc(/C(=C/N(C)CCOC)C(C)=N)c(F)c4F)n3C)cc2Cl)CC1. The molecule has 298 valence electrons. The quantitative estimate of drug-likeness (QED) is 0.165. The molecule has 3 amide bonds. The van der Waals surface area contributed by atoms with Crippen LogP contribution in [0.15, 0.2) is 42.7 Å². The van der Waals surface area contributed by atoms with Gasteiger partial charge in [-0.3, -0.25) is 14.4 Å². The number of carbonyl (C=O) groups excluding carboxylic acids is 3. The summed E-state index contributed by atoms with van der Waals surface area (Å²) in [5.41, 5.74) is 0.756. The number of hydrogen-bond donors (Lipinski definition) is 3. The second kappa shape index (κ2) is 19.8. The number of hydrogen-bond acceptors (Lipinski definition) is 9. The van der Waals surface area contributed by atoms with E-state index in [9.17, 15) is 14.4 Å². The van der Waals surface area contributed by atoms with E-state index in [1.165, 1.54) is 55.1 Å². The van der Waals surface area contributed by atoms with Crippen molar-refractivity contribution in [3.05, 3.63) is 76.3 Å². The average Bonchev–Trinajstić information content (AvgIpc) is 3.55. The van der Waals surface area contributed by atoms with E-state index in [4.69, 9.17) is 26.9 Å². The maximum Gasteiger partial charge on any atom is 0.291 e. The van der Waals surface area contributed by atoms with Gasteiger partial charge in [-0.05, 0) is 57.6 Å². The molecule has 1 aliphatic rings. The minimum Gasteiger partial charge on any atom is -0.395 e. The number of likely N-dealkylation sites (N-methyl/N-ethyl adjacent to an activating group) is 2. The lowest BCUT2D eigenvalue weighted by atomic mass is 9.99. The molecule has 0 bridgehead atoms. The fraction of sp³-hybridized carbons (Fsp3) is 0.462. The van der Waals surface area contributed by atoms with Crippen LogP contribution in [0.4, 0.5) is 14.5 Å². The number of carbonyl (C=O) groups is 3. The van der Waals surface area contributed by atoms with E-state index < -0.39 is 17.5 Å². The Balaban J connectivity index is 1.41. The van der Waals surface area contributed by atoms with Crippen LogP contribution in [-0.4, -0.2) is 138 Å². The fourth-order valence-corrected chi connectivity index (χ4v) is 6.65. The number of methoxy groups -OCH3 is 1. The van der Waals surface area contributed by atoms with Gasteiger partial charge in [0.2, 0.25) is 5.91 Å². The standard InChI is InChI=1S/C39H51ClF2N8O5/c1-7-26(12-13-46(3)18-20-51)38(53)49-14-16-50(17-15-49)39(54)29-9-8-27(22-32(29)40)45-37(52)36-44-23-33(48(36)5)30-11-10-28(34(41)35(30)42)31(25(2)43)24-47(4)19-21-55-6/h8-11,22-24,26,43,51H,7,12-21H2,1-6H3,(H,45,52)/b31-24+,43-25?. The number of halogens is 3. The lowest BCUT2D eigenvalue weighted by molar-refractivity contribution is -0.137. The Morgan fingerprint density at radius 2 is 1.73 bits per heavy atom. The molecule has 1 unspecified atom stereocenters. The molecule has 55 heavy (non-hydrogen) atoms. The third-order valence-corrected chi connectivity index (χ3v) is 10.1. The summed E-state index contributed by atoms with van der Waals surface area (Å²) < 4.78 is 37.5. The number of ether oxygens (including phenoxy) is 1. The maximum atomic E-state index is 15.6. The summed E-state index contributed by atoms with van der Waals surface area (Å²) in [5, 5.41) is 20.1. The molecular formula is C39H51ClF2N8O5. The van der Waals surface area contributed by atoms with Crippen molar-refractivity contribution >= 4 is 46.3 Å². The van der Waals surface area contributed by atoms with Crippen LogP contribution in [0.25, 0.3) is 16.8 Å². The van der Waals surface area contributed by atoms with Gasteiger partial charge in [0.05, 0.1) is 35.7 Å². The third-order valence-electron chi connectivity index (χ3n) is 9.76. The van der Waals surface area contributed by atoms with Gasteiger partial charge in [-0.15, -0.1) is 0 Å². The predicted octanol–water partition coefficient (Wildman–Crippen LogP) is 4.85. The summed E-state index contributed by atoms with van der Waals surface area (Å²) in [4.78, 5) is 51.3. The normalized spacial score (nSPS) is 14.0. The molecule has 2 heterocycles. The summed E-state index contributed by atoms with van der Waals surface area (Å²) in [6.07, 6.45) is 4.23. The molecule has 2 aromatic carbocycles. The number of aliphatic hydroxyl groups is 1. The van der Waals surface area contributed by atoms with Crippen LogP contribution in [0, 0.1) is 23.0 Å². The van der Waals surface area contributed by atoms with E-state index in [1.54, 1.807) is 35.1 Å². The second-order valence-electron chi connectivity index (χ2n) is 13.6. The molecule has 13 nitrogen and oxygen atoms in total. The number of nitrogens with one attached hydrogen (secondary N) is 2. The van der Waals surface area contributed by atoms with Gasteiger partial charge < -0.3 is 44.7 Å². The van der Waals surface area contributed by atoms with E-state index in [2.05, 4.69) is 10.3 Å². The molecule has 1 aromatic heterocycles. The van der Waals surface area contributed by atoms with Crippen molar-refractivity contribution in [3.63, 3.8) is 0 Å². The topological polar surface area (TPSA) is 147 Å². The average molecular weight is 785 g/mol. The maximum absolute atomic E-state index is 15.6. The zero-order chi connectivity index (χ0) is 40.4. The van der Waals surface area contributed by atoms with Gasteiger partial charge in [-0.1, -0.05) is 24.6 Å². The number of imidazole rings is 1. The third kappa shape index (κ3) is 10.5. The zero-order valence-corrected chi connectivity index (χ0v) is 33.1. The molecule has 3 N–H and O–H groups in total. The van der Waals surface area contributed by atoms with E-state index in [0.29, 0.717) is 70.9 Å². The van der Waals surface area contributed by atoms with Crippen LogP contribution in [0.3, 0.4) is 0 Å². The van der Waals surface area contributed by atoms with Gasteiger partial charge in [-0.2, -0.15) is 0 Å². The van der Waals surface area contributed by atoms with Gasteiger partial charge in [0.1, 0.15) is 0 Å². The molecule has 0 radical (unpaired) electrons. The summed E-state index contributed by atoms with van der Waals surface area (Å²) in [6.45, 7) is 7.20. The molecule has 1 fully saturated rings. The first-order chi connectivity index (χ1) is 26.2. The number of piperazine rings is 1. The number of rotatable bonds is 17. The first-order valence-corrected chi connectivity index (χ1v) is 18.5. The van der Waals surface area contributed by atoms with E-state index >= 15 is 8.78 Å². The predicted molar refractivity (Wildman–Crippen MR) is 209 cm³/mol.